The van der Waals surface area contributed by atoms with E-state index in [-0.39, 0.29) is 11.3 Å². The number of esters is 1. The number of aromatic nitrogens is 1. The Bertz CT molecular complexity index is 756. The van der Waals surface area contributed by atoms with Crippen LogP contribution in [0, 0.1) is 5.21 Å². The van der Waals surface area contributed by atoms with E-state index in [2.05, 4.69) is 0 Å². The molecule has 0 unspecified atom stereocenters. The van der Waals surface area contributed by atoms with Crippen LogP contribution in [0.4, 0.5) is 0 Å². The predicted octanol–water partition coefficient (Wildman–Crippen LogP) is 1.52. The maximum Gasteiger partial charge on any atom is 0.339 e. The summed E-state index contributed by atoms with van der Waals surface area (Å²) in [5, 5.41) is 10.9. The van der Waals surface area contributed by atoms with Gasteiger partial charge in [0.05, 0.1) is 18.8 Å². The lowest BCUT2D eigenvalue weighted by Crippen LogP contribution is -2.24. The molecule has 0 bridgehead atoms. The highest BCUT2D eigenvalue weighted by Crippen LogP contribution is 2.30. The fourth-order valence-corrected chi connectivity index (χ4v) is 2.18. The third kappa shape index (κ3) is 3.62. The molecule has 0 N–H and O–H groups in total. The lowest BCUT2D eigenvalue weighted by Gasteiger charge is -2.09. The highest BCUT2D eigenvalue weighted by atomic mass is 16.5. The van der Waals surface area contributed by atoms with Gasteiger partial charge in [-0.1, -0.05) is 0 Å². The molecule has 2 aromatic rings. The summed E-state index contributed by atoms with van der Waals surface area (Å²) in [5.41, 5.74) is 0.575. The summed E-state index contributed by atoms with van der Waals surface area (Å²) in [7, 11) is 0. The molecule has 7 heteroatoms. The van der Waals surface area contributed by atoms with Crippen LogP contribution in [0.3, 0.4) is 0 Å². The van der Waals surface area contributed by atoms with Gasteiger partial charge in [-0.15, -0.1) is 0 Å². The SMILES string of the molecule is O=C(COC(=O)c1cc[n+]([O-])cc1)c1ccc2c(c1)OCCCO2. The molecule has 24 heavy (non-hydrogen) atoms. The van der Waals surface area contributed by atoms with Crippen LogP contribution in [0.25, 0.3) is 0 Å². The number of carbonyl (C=O) groups excluding carboxylic acids is 2. The number of carbonyl (C=O) groups is 2. The van der Waals surface area contributed by atoms with Gasteiger partial charge in [0.15, 0.2) is 36.3 Å². The smallest absolute Gasteiger partial charge is 0.339 e. The highest BCUT2D eigenvalue weighted by molar-refractivity contribution is 5.99. The molecule has 0 saturated carbocycles. The van der Waals surface area contributed by atoms with E-state index in [9.17, 15) is 14.8 Å². The zero-order chi connectivity index (χ0) is 16.9. The van der Waals surface area contributed by atoms with Crippen LogP contribution in [0.15, 0.2) is 42.7 Å². The van der Waals surface area contributed by atoms with Crippen molar-refractivity contribution in [3.63, 3.8) is 0 Å². The Morgan fingerprint density at radius 2 is 1.75 bits per heavy atom. The molecule has 0 aliphatic carbocycles. The Labute approximate surface area is 138 Å². The summed E-state index contributed by atoms with van der Waals surface area (Å²) in [6.45, 7) is 0.691. The maximum absolute atomic E-state index is 12.2. The number of hydrogen-bond acceptors (Lipinski definition) is 6. The van der Waals surface area contributed by atoms with Crippen LogP contribution in [0.1, 0.15) is 27.1 Å². The minimum Gasteiger partial charge on any atom is -0.619 e. The van der Waals surface area contributed by atoms with Crippen molar-refractivity contribution >= 4 is 11.8 Å². The number of rotatable bonds is 4. The lowest BCUT2D eigenvalue weighted by atomic mass is 10.1. The summed E-state index contributed by atoms with van der Waals surface area (Å²) in [5.74, 6) is 0.0797. The number of Topliss-reactive ketones (excluding diaryl/α,β-unsaturated/α-hetero) is 1. The second-order valence-electron chi connectivity index (χ2n) is 5.16. The van der Waals surface area contributed by atoms with E-state index in [1.165, 1.54) is 24.5 Å². The van der Waals surface area contributed by atoms with Gasteiger partial charge < -0.3 is 19.4 Å². The quantitative estimate of drug-likeness (QED) is 0.366. The van der Waals surface area contributed by atoms with Crippen molar-refractivity contribution in [1.82, 2.24) is 0 Å². The van der Waals surface area contributed by atoms with E-state index in [0.717, 1.165) is 6.42 Å². The zero-order valence-electron chi connectivity index (χ0n) is 12.8. The van der Waals surface area contributed by atoms with E-state index in [4.69, 9.17) is 14.2 Å². The van der Waals surface area contributed by atoms with E-state index in [1.807, 2.05) is 0 Å². The van der Waals surface area contributed by atoms with Gasteiger partial charge in [0.1, 0.15) is 0 Å². The number of nitrogens with zero attached hydrogens (tertiary/aromatic N) is 1. The largest absolute Gasteiger partial charge is 0.619 e. The third-order valence-electron chi connectivity index (χ3n) is 3.44. The van der Waals surface area contributed by atoms with Gasteiger partial charge in [0.2, 0.25) is 0 Å². The van der Waals surface area contributed by atoms with Crippen LogP contribution in [-0.2, 0) is 4.74 Å². The van der Waals surface area contributed by atoms with Crippen LogP contribution in [0.5, 0.6) is 11.5 Å². The van der Waals surface area contributed by atoms with Crippen molar-refractivity contribution < 1.29 is 28.5 Å². The average molecular weight is 329 g/mol. The molecule has 0 radical (unpaired) electrons. The normalized spacial score (nSPS) is 13.0. The fraction of sp³-hybridized carbons (Fsp3) is 0.235. The van der Waals surface area contributed by atoms with Gasteiger partial charge in [-0.05, 0) is 18.2 Å². The second-order valence-corrected chi connectivity index (χ2v) is 5.16. The molecule has 1 aliphatic rings. The molecule has 124 valence electrons. The summed E-state index contributed by atoms with van der Waals surface area (Å²) in [4.78, 5) is 24.0. The van der Waals surface area contributed by atoms with Gasteiger partial charge in [0, 0.05) is 24.1 Å². The van der Waals surface area contributed by atoms with Crippen molar-refractivity contribution in [2.24, 2.45) is 0 Å². The molecule has 0 fully saturated rings. The van der Waals surface area contributed by atoms with Crippen molar-refractivity contribution in [3.05, 3.63) is 59.1 Å². The number of hydrogen-bond donors (Lipinski definition) is 0. The summed E-state index contributed by atoms with van der Waals surface area (Å²) < 4.78 is 16.6. The monoisotopic (exact) mass is 329 g/mol. The fourth-order valence-electron chi connectivity index (χ4n) is 2.18. The molecule has 0 amide bonds. The Balaban J connectivity index is 1.63. The lowest BCUT2D eigenvalue weighted by molar-refractivity contribution is -0.605. The summed E-state index contributed by atoms with van der Waals surface area (Å²) in [6, 6.07) is 7.51. The van der Waals surface area contributed by atoms with E-state index in [1.54, 1.807) is 18.2 Å². The average Bonchev–Trinajstić information content (AvgIpc) is 2.84. The Kier molecular flexibility index (Phi) is 4.60. The topological polar surface area (TPSA) is 88.8 Å². The Morgan fingerprint density at radius 1 is 1.04 bits per heavy atom. The van der Waals surface area contributed by atoms with E-state index in [0.29, 0.717) is 35.0 Å². The van der Waals surface area contributed by atoms with Crippen molar-refractivity contribution in [2.45, 2.75) is 6.42 Å². The second kappa shape index (κ2) is 6.99. The van der Waals surface area contributed by atoms with Gasteiger partial charge >= 0.3 is 5.97 Å². The summed E-state index contributed by atoms with van der Waals surface area (Å²) >= 11 is 0. The van der Waals surface area contributed by atoms with E-state index >= 15 is 0 Å². The molecule has 0 atom stereocenters. The standard InChI is InChI=1S/C17H15NO6/c19-14(11-24-17(20)12-4-6-18(21)7-5-12)13-2-3-15-16(10-13)23-9-1-8-22-15/h2-7,10H,1,8-9,11H2. The minimum absolute atomic E-state index is 0.202. The zero-order valence-corrected chi connectivity index (χ0v) is 12.8. The van der Waals surface area contributed by atoms with Crippen LogP contribution >= 0.6 is 0 Å². The molecule has 1 aromatic carbocycles. The van der Waals surface area contributed by atoms with Crippen LogP contribution in [0.2, 0.25) is 0 Å². The number of ketones is 1. The number of benzene rings is 1. The Morgan fingerprint density at radius 3 is 2.50 bits per heavy atom. The van der Waals surface area contributed by atoms with E-state index < -0.39 is 12.6 Å². The van der Waals surface area contributed by atoms with Crippen LogP contribution < -0.4 is 14.2 Å². The first kappa shape index (κ1) is 15.8. The maximum atomic E-state index is 12.2. The van der Waals surface area contributed by atoms with Gasteiger partial charge in [-0.2, -0.15) is 4.73 Å². The third-order valence-corrected chi connectivity index (χ3v) is 3.44. The molecular formula is C17H15NO6. The predicted molar refractivity (Wildman–Crippen MR) is 82.1 cm³/mol. The number of ether oxygens (including phenoxy) is 3. The molecule has 7 nitrogen and oxygen atoms in total. The van der Waals surface area contributed by atoms with Crippen molar-refractivity contribution in [2.75, 3.05) is 19.8 Å². The first-order valence-corrected chi connectivity index (χ1v) is 7.42. The summed E-state index contributed by atoms with van der Waals surface area (Å²) in [6.07, 6.45) is 3.14. The van der Waals surface area contributed by atoms with Gasteiger partial charge in [-0.3, -0.25) is 4.79 Å². The molecule has 1 aliphatic heterocycles. The number of pyridine rings is 1. The van der Waals surface area contributed by atoms with Crippen molar-refractivity contribution in [1.29, 1.82) is 0 Å². The number of fused-ring (bicyclic) bond motifs is 1. The minimum atomic E-state index is -0.668. The molecular weight excluding hydrogens is 314 g/mol. The Hall–Kier alpha value is -3.09. The first-order valence-electron chi connectivity index (χ1n) is 7.42. The molecule has 0 spiro atoms. The van der Waals surface area contributed by atoms with Crippen LogP contribution in [-0.4, -0.2) is 31.6 Å². The molecule has 3 rings (SSSR count). The first-order chi connectivity index (χ1) is 11.6. The highest BCUT2D eigenvalue weighted by Gasteiger charge is 2.16. The van der Waals surface area contributed by atoms with Crippen molar-refractivity contribution in [3.8, 4) is 11.5 Å². The molecule has 0 saturated heterocycles. The van der Waals surface area contributed by atoms with Gasteiger partial charge in [0.25, 0.3) is 0 Å². The molecule has 2 heterocycles. The molecule has 1 aromatic heterocycles. The van der Waals surface area contributed by atoms with Gasteiger partial charge in [-0.25, -0.2) is 4.79 Å².